The van der Waals surface area contributed by atoms with Crippen LogP contribution in [0.25, 0.3) is 0 Å². The fraction of sp³-hybridized carbons (Fsp3) is 0.417. The predicted molar refractivity (Wildman–Crippen MR) is 76.4 cm³/mol. The third-order valence-corrected chi connectivity index (χ3v) is 2.97. The molecule has 0 aliphatic carbocycles. The number of carbonyl (C=O) groups excluding carboxylic acids is 1. The summed E-state index contributed by atoms with van der Waals surface area (Å²) in [5.41, 5.74) is 0.135. The van der Waals surface area contributed by atoms with Gasteiger partial charge in [0, 0.05) is 13.1 Å². The maximum Gasteiger partial charge on any atom is 0.323 e. The van der Waals surface area contributed by atoms with Gasteiger partial charge in [-0.1, -0.05) is 23.2 Å². The molecular weight excluding hydrogens is 305 g/mol. The number of hydrogen-bond donors (Lipinski definition) is 1. The highest BCUT2D eigenvalue weighted by Crippen LogP contribution is 2.18. The van der Waals surface area contributed by atoms with Crippen LogP contribution >= 0.6 is 23.2 Å². The molecule has 0 atom stereocenters. The largest absolute Gasteiger partial charge is 0.480 e. The number of amides is 1. The summed E-state index contributed by atoms with van der Waals surface area (Å²) in [5, 5.41) is 9.01. The number of pyridine rings is 1. The summed E-state index contributed by atoms with van der Waals surface area (Å²) >= 11 is 11.5. The number of carbonyl (C=O) groups is 2. The Kier molecular flexibility index (Phi) is 6.19. The van der Waals surface area contributed by atoms with Crippen molar-refractivity contribution in [2.75, 3.05) is 33.7 Å². The van der Waals surface area contributed by atoms with Crippen molar-refractivity contribution in [1.29, 1.82) is 0 Å². The zero-order valence-corrected chi connectivity index (χ0v) is 12.6. The molecule has 6 nitrogen and oxygen atoms in total. The van der Waals surface area contributed by atoms with Crippen LogP contribution < -0.4 is 0 Å². The number of carboxylic acids is 1. The lowest BCUT2D eigenvalue weighted by molar-refractivity contribution is -0.137. The summed E-state index contributed by atoms with van der Waals surface area (Å²) in [6.45, 7) is 0.417. The van der Waals surface area contributed by atoms with E-state index in [0.29, 0.717) is 6.54 Å². The van der Waals surface area contributed by atoms with Crippen molar-refractivity contribution >= 4 is 35.1 Å². The molecule has 0 unspecified atom stereocenters. The molecule has 110 valence electrons. The van der Waals surface area contributed by atoms with Crippen molar-refractivity contribution in [3.05, 3.63) is 28.0 Å². The van der Waals surface area contributed by atoms with Gasteiger partial charge in [0.1, 0.15) is 16.9 Å². The van der Waals surface area contributed by atoms with Crippen LogP contribution in [0.3, 0.4) is 0 Å². The summed E-state index contributed by atoms with van der Waals surface area (Å²) in [5.74, 6) is -1.57. The van der Waals surface area contributed by atoms with Gasteiger partial charge in [-0.05, 0) is 26.2 Å². The first-order valence-electron chi connectivity index (χ1n) is 5.79. The molecule has 1 amide bonds. The Labute approximate surface area is 126 Å². The lowest BCUT2D eigenvalue weighted by Gasteiger charge is -2.23. The van der Waals surface area contributed by atoms with Gasteiger partial charge in [0.05, 0.1) is 5.56 Å². The second-order valence-corrected chi connectivity index (χ2v) is 5.14. The minimum Gasteiger partial charge on any atom is -0.480 e. The predicted octanol–water partition coefficient (Wildman–Crippen LogP) is 1.48. The molecule has 0 saturated heterocycles. The fourth-order valence-electron chi connectivity index (χ4n) is 1.48. The third-order valence-electron chi connectivity index (χ3n) is 2.48. The smallest absolute Gasteiger partial charge is 0.323 e. The molecule has 0 fully saturated rings. The number of aliphatic carboxylic acids is 1. The lowest BCUT2D eigenvalue weighted by atomic mass is 10.2. The molecule has 1 N–H and O–H groups in total. The summed E-state index contributed by atoms with van der Waals surface area (Å²) in [6, 6.07) is 2.87. The highest BCUT2D eigenvalue weighted by atomic mass is 35.5. The van der Waals surface area contributed by atoms with E-state index in [0.717, 1.165) is 0 Å². The maximum atomic E-state index is 12.3. The average Bonchev–Trinajstić information content (AvgIpc) is 2.33. The first-order valence-corrected chi connectivity index (χ1v) is 6.54. The molecule has 1 heterocycles. The highest BCUT2D eigenvalue weighted by molar-refractivity contribution is 6.34. The van der Waals surface area contributed by atoms with Gasteiger partial charge in [-0.15, -0.1) is 0 Å². The SMILES string of the molecule is CN(C)CCN(CC(=O)O)C(=O)c1ccc(Cl)nc1Cl. The van der Waals surface area contributed by atoms with Crippen molar-refractivity contribution < 1.29 is 14.7 Å². The van der Waals surface area contributed by atoms with Gasteiger partial charge in [0.15, 0.2) is 0 Å². The van der Waals surface area contributed by atoms with Crippen LogP contribution in [-0.2, 0) is 4.79 Å². The van der Waals surface area contributed by atoms with Crippen molar-refractivity contribution in [2.24, 2.45) is 0 Å². The number of aromatic nitrogens is 1. The van der Waals surface area contributed by atoms with Crippen LogP contribution in [0.2, 0.25) is 10.3 Å². The zero-order chi connectivity index (χ0) is 15.3. The fourth-order valence-corrected chi connectivity index (χ4v) is 1.90. The van der Waals surface area contributed by atoms with Gasteiger partial charge in [-0.2, -0.15) is 0 Å². The van der Waals surface area contributed by atoms with Gasteiger partial charge >= 0.3 is 5.97 Å². The molecular formula is C12H15Cl2N3O3. The summed E-state index contributed by atoms with van der Waals surface area (Å²) in [4.78, 5) is 30.0. The van der Waals surface area contributed by atoms with Crippen LogP contribution in [0.5, 0.6) is 0 Å². The molecule has 0 aliphatic rings. The van der Waals surface area contributed by atoms with Crippen LogP contribution in [0.15, 0.2) is 12.1 Å². The van der Waals surface area contributed by atoms with Crippen molar-refractivity contribution in [3.8, 4) is 0 Å². The van der Waals surface area contributed by atoms with E-state index < -0.39 is 18.4 Å². The Hall–Kier alpha value is -1.37. The minimum absolute atomic E-state index is 0.0391. The van der Waals surface area contributed by atoms with Crippen LogP contribution in [0.1, 0.15) is 10.4 Å². The van der Waals surface area contributed by atoms with Gasteiger partial charge in [-0.25, -0.2) is 4.98 Å². The maximum absolute atomic E-state index is 12.3. The lowest BCUT2D eigenvalue weighted by Crippen LogP contribution is -2.40. The molecule has 0 aliphatic heterocycles. The van der Waals surface area contributed by atoms with Crippen molar-refractivity contribution in [2.45, 2.75) is 0 Å². The van der Waals surface area contributed by atoms with Crippen molar-refractivity contribution in [1.82, 2.24) is 14.8 Å². The van der Waals surface area contributed by atoms with Crippen molar-refractivity contribution in [3.63, 3.8) is 0 Å². The Morgan fingerprint density at radius 2 is 1.90 bits per heavy atom. The number of halogens is 2. The van der Waals surface area contributed by atoms with E-state index >= 15 is 0 Å². The molecule has 8 heteroatoms. The van der Waals surface area contributed by atoms with E-state index in [4.69, 9.17) is 28.3 Å². The van der Waals surface area contributed by atoms with Crippen LogP contribution in [-0.4, -0.2) is 65.5 Å². The third kappa shape index (κ3) is 4.96. The first-order chi connectivity index (χ1) is 9.31. The normalized spacial score (nSPS) is 10.7. The molecule has 1 aromatic heterocycles. The molecule has 0 aromatic carbocycles. The zero-order valence-electron chi connectivity index (χ0n) is 11.1. The quantitative estimate of drug-likeness (QED) is 0.804. The monoisotopic (exact) mass is 319 g/mol. The number of hydrogen-bond acceptors (Lipinski definition) is 4. The number of carboxylic acid groups (broad SMARTS) is 1. The Morgan fingerprint density at radius 1 is 1.25 bits per heavy atom. The summed E-state index contributed by atoms with van der Waals surface area (Å²) in [6.07, 6.45) is 0. The Bertz CT molecular complexity index is 509. The van der Waals surface area contributed by atoms with E-state index in [1.807, 2.05) is 19.0 Å². The molecule has 0 spiro atoms. The Balaban J connectivity index is 2.93. The number of rotatable bonds is 6. The molecule has 0 saturated carbocycles. The molecule has 20 heavy (non-hydrogen) atoms. The van der Waals surface area contributed by atoms with Gasteiger partial charge < -0.3 is 14.9 Å². The molecule has 0 radical (unpaired) electrons. The van der Waals surface area contributed by atoms with E-state index in [1.54, 1.807) is 0 Å². The molecule has 0 bridgehead atoms. The Morgan fingerprint density at radius 3 is 2.40 bits per heavy atom. The summed E-state index contributed by atoms with van der Waals surface area (Å²) in [7, 11) is 3.67. The molecule has 1 rings (SSSR count). The van der Waals surface area contributed by atoms with Gasteiger partial charge in [0.25, 0.3) is 5.91 Å². The second kappa shape index (κ2) is 7.42. The highest BCUT2D eigenvalue weighted by Gasteiger charge is 2.21. The van der Waals surface area contributed by atoms with E-state index in [-0.39, 0.29) is 22.4 Å². The van der Waals surface area contributed by atoms with Gasteiger partial charge in [0.2, 0.25) is 0 Å². The van der Waals surface area contributed by atoms with E-state index in [2.05, 4.69) is 4.98 Å². The average molecular weight is 320 g/mol. The molecule has 1 aromatic rings. The first kappa shape index (κ1) is 16.7. The summed E-state index contributed by atoms with van der Waals surface area (Å²) < 4.78 is 0. The van der Waals surface area contributed by atoms with Gasteiger partial charge in [-0.3, -0.25) is 9.59 Å². The topological polar surface area (TPSA) is 73.7 Å². The van der Waals surface area contributed by atoms with E-state index in [9.17, 15) is 9.59 Å². The second-order valence-electron chi connectivity index (χ2n) is 4.40. The minimum atomic E-state index is -1.09. The van der Waals surface area contributed by atoms with Crippen LogP contribution in [0.4, 0.5) is 0 Å². The number of nitrogens with zero attached hydrogens (tertiary/aromatic N) is 3. The standard InChI is InChI=1S/C12H15Cl2N3O3/c1-16(2)5-6-17(7-10(18)19)12(20)8-3-4-9(13)15-11(8)14/h3-4H,5-7H2,1-2H3,(H,18,19). The van der Waals surface area contributed by atoms with E-state index in [1.165, 1.54) is 17.0 Å². The number of likely N-dealkylation sites (N-methyl/N-ethyl adjacent to an activating group) is 1. The van der Waals surface area contributed by atoms with Crippen LogP contribution in [0, 0.1) is 0 Å².